The molecule has 2 N–H and O–H groups in total. The molecule has 0 saturated carbocycles. The lowest BCUT2D eigenvalue weighted by Gasteiger charge is -2.41. The van der Waals surface area contributed by atoms with Crippen molar-refractivity contribution in [1.29, 1.82) is 0 Å². The van der Waals surface area contributed by atoms with E-state index in [1.165, 1.54) is 43.4 Å². The minimum atomic E-state index is 0.337. The summed E-state index contributed by atoms with van der Waals surface area (Å²) in [5, 5.41) is 0. The largest absolute Gasteiger partial charge is 0.329 e. The molecular formula is C15H25N3. The number of hydrogen-bond donors (Lipinski definition) is 1. The number of piperidine rings is 1. The molecule has 0 bridgehead atoms. The summed E-state index contributed by atoms with van der Waals surface area (Å²) in [5.74, 6) is 0. The van der Waals surface area contributed by atoms with E-state index < -0.39 is 0 Å². The highest BCUT2D eigenvalue weighted by molar-refractivity contribution is 5.25. The Balaban J connectivity index is 2.24. The predicted molar refractivity (Wildman–Crippen MR) is 75.4 cm³/mol. The standard InChI is InChI=1S/C15H25N3/c1-3-13-6-4-5-9-18(13)15(10-16)14-11-17-8-7-12(14)2/h7-8,11,13,15H,3-6,9-10,16H2,1-2H3. The second-order valence-corrected chi connectivity index (χ2v) is 5.28. The number of hydrogen-bond acceptors (Lipinski definition) is 3. The molecule has 0 aliphatic carbocycles. The smallest absolute Gasteiger partial charge is 0.0491 e. The monoisotopic (exact) mass is 247 g/mol. The SMILES string of the molecule is CCC1CCCCN1C(CN)c1cnccc1C. The quantitative estimate of drug-likeness (QED) is 0.889. The van der Waals surface area contributed by atoms with Crippen molar-refractivity contribution in [2.24, 2.45) is 5.73 Å². The zero-order chi connectivity index (χ0) is 13.0. The summed E-state index contributed by atoms with van der Waals surface area (Å²) < 4.78 is 0. The first-order chi connectivity index (χ1) is 8.77. The zero-order valence-electron chi connectivity index (χ0n) is 11.6. The van der Waals surface area contributed by atoms with Gasteiger partial charge in [0.05, 0.1) is 0 Å². The lowest BCUT2D eigenvalue weighted by atomic mass is 9.94. The summed E-state index contributed by atoms with van der Waals surface area (Å²) in [7, 11) is 0. The van der Waals surface area contributed by atoms with E-state index in [0.29, 0.717) is 18.6 Å². The highest BCUT2D eigenvalue weighted by Crippen LogP contribution is 2.30. The summed E-state index contributed by atoms with van der Waals surface area (Å²) >= 11 is 0. The molecule has 2 atom stereocenters. The lowest BCUT2D eigenvalue weighted by molar-refractivity contribution is 0.0944. The van der Waals surface area contributed by atoms with Crippen LogP contribution in [0, 0.1) is 6.92 Å². The van der Waals surface area contributed by atoms with Gasteiger partial charge in [0.15, 0.2) is 0 Å². The van der Waals surface area contributed by atoms with Crippen LogP contribution in [0.1, 0.15) is 49.8 Å². The predicted octanol–water partition coefficient (Wildman–Crippen LogP) is 2.65. The number of rotatable bonds is 4. The van der Waals surface area contributed by atoms with Crippen molar-refractivity contribution in [2.45, 2.75) is 51.6 Å². The Bertz CT molecular complexity index is 378. The van der Waals surface area contributed by atoms with Crippen molar-refractivity contribution >= 4 is 0 Å². The molecule has 0 spiro atoms. The molecule has 0 aromatic carbocycles. The second-order valence-electron chi connectivity index (χ2n) is 5.28. The van der Waals surface area contributed by atoms with Crippen LogP contribution in [0.4, 0.5) is 0 Å². The van der Waals surface area contributed by atoms with Gasteiger partial charge in [-0.05, 0) is 49.9 Å². The normalized spacial score (nSPS) is 22.9. The van der Waals surface area contributed by atoms with Gasteiger partial charge in [-0.1, -0.05) is 13.3 Å². The molecule has 1 fully saturated rings. The molecule has 2 unspecified atom stereocenters. The molecule has 3 nitrogen and oxygen atoms in total. The van der Waals surface area contributed by atoms with Crippen LogP contribution in [0.3, 0.4) is 0 Å². The van der Waals surface area contributed by atoms with Gasteiger partial charge < -0.3 is 5.73 Å². The van der Waals surface area contributed by atoms with E-state index >= 15 is 0 Å². The van der Waals surface area contributed by atoms with E-state index in [9.17, 15) is 0 Å². The maximum absolute atomic E-state index is 6.05. The Morgan fingerprint density at radius 2 is 2.33 bits per heavy atom. The molecule has 1 saturated heterocycles. The molecule has 0 amide bonds. The van der Waals surface area contributed by atoms with Gasteiger partial charge in [-0.2, -0.15) is 0 Å². The van der Waals surface area contributed by atoms with Gasteiger partial charge in [-0.15, -0.1) is 0 Å². The number of aromatic nitrogens is 1. The number of aryl methyl sites for hydroxylation is 1. The fraction of sp³-hybridized carbons (Fsp3) is 0.667. The Morgan fingerprint density at radius 3 is 3.00 bits per heavy atom. The third kappa shape index (κ3) is 2.73. The molecule has 2 heterocycles. The molecular weight excluding hydrogens is 222 g/mol. The lowest BCUT2D eigenvalue weighted by Crippen LogP contribution is -2.44. The zero-order valence-corrected chi connectivity index (χ0v) is 11.6. The molecule has 1 aromatic rings. The Hall–Kier alpha value is -0.930. The molecule has 18 heavy (non-hydrogen) atoms. The summed E-state index contributed by atoms with van der Waals surface area (Å²) in [6.45, 7) is 6.30. The van der Waals surface area contributed by atoms with Gasteiger partial charge in [0.2, 0.25) is 0 Å². The number of nitrogens with zero attached hydrogens (tertiary/aromatic N) is 2. The van der Waals surface area contributed by atoms with Crippen molar-refractivity contribution in [3.63, 3.8) is 0 Å². The first-order valence-electron chi connectivity index (χ1n) is 7.14. The minimum Gasteiger partial charge on any atom is -0.329 e. The van der Waals surface area contributed by atoms with Crippen molar-refractivity contribution in [3.8, 4) is 0 Å². The van der Waals surface area contributed by atoms with Crippen LogP contribution in [0.5, 0.6) is 0 Å². The van der Waals surface area contributed by atoms with Crippen LogP contribution in [-0.4, -0.2) is 29.0 Å². The fourth-order valence-electron chi connectivity index (χ4n) is 3.14. The Labute approximate surface area is 110 Å². The van der Waals surface area contributed by atoms with E-state index in [-0.39, 0.29) is 0 Å². The topological polar surface area (TPSA) is 42.1 Å². The number of nitrogens with two attached hydrogens (primary N) is 1. The Morgan fingerprint density at radius 1 is 1.50 bits per heavy atom. The van der Waals surface area contributed by atoms with Gasteiger partial charge >= 0.3 is 0 Å². The van der Waals surface area contributed by atoms with Crippen LogP contribution in [0.2, 0.25) is 0 Å². The number of likely N-dealkylation sites (tertiary alicyclic amines) is 1. The highest BCUT2D eigenvalue weighted by Gasteiger charge is 2.28. The third-order valence-corrected chi connectivity index (χ3v) is 4.21. The van der Waals surface area contributed by atoms with E-state index in [1.807, 2.05) is 12.4 Å². The molecule has 1 aliphatic rings. The first kappa shape index (κ1) is 13.5. The Kier molecular flexibility index (Phi) is 4.72. The molecule has 100 valence electrons. The van der Waals surface area contributed by atoms with Gasteiger partial charge in [0.1, 0.15) is 0 Å². The van der Waals surface area contributed by atoms with Crippen molar-refractivity contribution in [2.75, 3.05) is 13.1 Å². The second kappa shape index (κ2) is 6.30. The molecule has 1 aliphatic heterocycles. The van der Waals surface area contributed by atoms with Gasteiger partial charge in [-0.25, -0.2) is 0 Å². The van der Waals surface area contributed by atoms with Crippen LogP contribution in [0.15, 0.2) is 18.5 Å². The van der Waals surface area contributed by atoms with Crippen molar-refractivity contribution in [1.82, 2.24) is 9.88 Å². The molecule has 3 heteroatoms. The van der Waals surface area contributed by atoms with E-state index in [0.717, 1.165) is 0 Å². The van der Waals surface area contributed by atoms with E-state index in [4.69, 9.17) is 5.73 Å². The maximum atomic E-state index is 6.05. The van der Waals surface area contributed by atoms with Crippen LogP contribution in [-0.2, 0) is 0 Å². The molecule has 0 radical (unpaired) electrons. The highest BCUT2D eigenvalue weighted by atomic mass is 15.2. The summed E-state index contributed by atoms with van der Waals surface area (Å²) in [5.41, 5.74) is 8.66. The fourth-order valence-corrected chi connectivity index (χ4v) is 3.14. The number of pyridine rings is 1. The summed E-state index contributed by atoms with van der Waals surface area (Å²) in [6.07, 6.45) is 9.04. The van der Waals surface area contributed by atoms with Crippen molar-refractivity contribution < 1.29 is 0 Å². The molecule has 1 aromatic heterocycles. The van der Waals surface area contributed by atoms with Crippen molar-refractivity contribution in [3.05, 3.63) is 29.6 Å². The third-order valence-electron chi connectivity index (χ3n) is 4.21. The van der Waals surface area contributed by atoms with E-state index in [1.54, 1.807) is 0 Å². The minimum absolute atomic E-state index is 0.337. The first-order valence-corrected chi connectivity index (χ1v) is 7.14. The van der Waals surface area contributed by atoms with Gasteiger partial charge in [0.25, 0.3) is 0 Å². The van der Waals surface area contributed by atoms with Gasteiger partial charge in [0, 0.05) is 31.0 Å². The summed E-state index contributed by atoms with van der Waals surface area (Å²) in [4.78, 5) is 6.88. The average Bonchev–Trinajstić information content (AvgIpc) is 2.42. The van der Waals surface area contributed by atoms with Gasteiger partial charge in [-0.3, -0.25) is 9.88 Å². The van der Waals surface area contributed by atoms with Crippen LogP contribution < -0.4 is 5.73 Å². The van der Waals surface area contributed by atoms with E-state index in [2.05, 4.69) is 29.8 Å². The summed E-state index contributed by atoms with van der Waals surface area (Å²) in [6, 6.07) is 3.11. The average molecular weight is 247 g/mol. The van der Waals surface area contributed by atoms with Crippen LogP contribution >= 0.6 is 0 Å². The van der Waals surface area contributed by atoms with Crippen LogP contribution in [0.25, 0.3) is 0 Å². The molecule has 2 rings (SSSR count). The maximum Gasteiger partial charge on any atom is 0.0491 e.